The van der Waals surface area contributed by atoms with Gasteiger partial charge in [0.25, 0.3) is 0 Å². The largest absolute Gasteiger partial charge is 0.343 e. The van der Waals surface area contributed by atoms with Crippen molar-refractivity contribution in [3.05, 3.63) is 78.3 Å². The Labute approximate surface area is 162 Å². The first kappa shape index (κ1) is 17.3. The average Bonchev–Trinajstić information content (AvgIpc) is 3.28. The van der Waals surface area contributed by atoms with Crippen molar-refractivity contribution >= 4 is 17.3 Å². The molecule has 0 saturated carbocycles. The zero-order chi connectivity index (χ0) is 18.5. The first-order valence-electron chi connectivity index (χ1n) is 8.73. The van der Waals surface area contributed by atoms with Crippen LogP contribution in [0.2, 0.25) is 0 Å². The third-order valence-corrected chi connectivity index (χ3v) is 5.17. The van der Waals surface area contributed by atoms with Gasteiger partial charge >= 0.3 is 0 Å². The molecule has 0 atom stereocenters. The summed E-state index contributed by atoms with van der Waals surface area (Å²) in [7, 11) is 2.02. The third-order valence-electron chi connectivity index (χ3n) is 4.29. The molecular weight excluding hydrogens is 354 g/mol. The van der Waals surface area contributed by atoms with Crippen molar-refractivity contribution in [1.82, 2.24) is 19.9 Å². The smallest absolute Gasteiger partial charge is 0.225 e. The molecule has 0 aliphatic heterocycles. The molecule has 0 N–H and O–H groups in total. The molecule has 0 bridgehead atoms. The molecule has 0 aromatic carbocycles. The van der Waals surface area contributed by atoms with E-state index in [0.29, 0.717) is 5.95 Å². The standard InChI is InChI=1S/C21H19N5S/c1-26(13-9-17-5-2-3-10-23-17)21-24-15-18(16-7-11-22-12-8-16)20(25-21)19-6-4-14-27-19/h2-8,10-12,14-15H,9,13H2,1H3. The number of thiophene rings is 1. The van der Waals surface area contributed by atoms with Crippen LogP contribution in [-0.2, 0) is 6.42 Å². The molecule has 0 aliphatic rings. The van der Waals surface area contributed by atoms with Crippen molar-refractivity contribution in [2.24, 2.45) is 0 Å². The summed E-state index contributed by atoms with van der Waals surface area (Å²) < 4.78 is 0. The molecule has 4 aromatic rings. The highest BCUT2D eigenvalue weighted by molar-refractivity contribution is 7.13. The zero-order valence-corrected chi connectivity index (χ0v) is 15.8. The van der Waals surface area contributed by atoms with E-state index in [1.165, 1.54) is 0 Å². The molecule has 0 aliphatic carbocycles. The van der Waals surface area contributed by atoms with Crippen LogP contribution in [-0.4, -0.2) is 33.5 Å². The fourth-order valence-corrected chi connectivity index (χ4v) is 3.56. The maximum atomic E-state index is 4.89. The minimum Gasteiger partial charge on any atom is -0.343 e. The summed E-state index contributed by atoms with van der Waals surface area (Å²) in [6, 6.07) is 14.1. The molecule has 4 aromatic heterocycles. The van der Waals surface area contributed by atoms with Crippen LogP contribution in [0.15, 0.2) is 72.6 Å². The van der Waals surface area contributed by atoms with Gasteiger partial charge in [0.05, 0.1) is 10.6 Å². The van der Waals surface area contributed by atoms with Gasteiger partial charge in [-0.2, -0.15) is 0 Å². The van der Waals surface area contributed by atoms with Crippen molar-refractivity contribution in [1.29, 1.82) is 0 Å². The zero-order valence-electron chi connectivity index (χ0n) is 15.0. The number of hydrogen-bond acceptors (Lipinski definition) is 6. The maximum absolute atomic E-state index is 4.89. The van der Waals surface area contributed by atoms with Crippen molar-refractivity contribution in [2.45, 2.75) is 6.42 Å². The molecule has 6 heteroatoms. The van der Waals surface area contributed by atoms with E-state index in [9.17, 15) is 0 Å². The van der Waals surface area contributed by atoms with E-state index >= 15 is 0 Å². The van der Waals surface area contributed by atoms with Crippen LogP contribution >= 0.6 is 11.3 Å². The lowest BCUT2D eigenvalue weighted by molar-refractivity contribution is 0.822. The molecule has 0 amide bonds. The van der Waals surface area contributed by atoms with E-state index in [0.717, 1.165) is 40.4 Å². The number of aromatic nitrogens is 4. The fourth-order valence-electron chi connectivity index (χ4n) is 2.83. The van der Waals surface area contributed by atoms with Gasteiger partial charge in [0.2, 0.25) is 5.95 Å². The molecule has 134 valence electrons. The number of pyridine rings is 2. The van der Waals surface area contributed by atoms with Gasteiger partial charge in [-0.05, 0) is 41.3 Å². The topological polar surface area (TPSA) is 54.8 Å². The molecule has 0 unspecified atom stereocenters. The average molecular weight is 373 g/mol. The molecule has 4 heterocycles. The Morgan fingerprint density at radius 1 is 0.963 bits per heavy atom. The normalized spacial score (nSPS) is 10.7. The number of nitrogens with zero attached hydrogens (tertiary/aromatic N) is 5. The maximum Gasteiger partial charge on any atom is 0.225 e. The van der Waals surface area contributed by atoms with Gasteiger partial charge in [-0.3, -0.25) is 9.97 Å². The quantitative estimate of drug-likeness (QED) is 0.503. The van der Waals surface area contributed by atoms with Gasteiger partial charge in [0.15, 0.2) is 0 Å². The van der Waals surface area contributed by atoms with E-state index in [4.69, 9.17) is 4.98 Å². The predicted molar refractivity (Wildman–Crippen MR) is 110 cm³/mol. The lowest BCUT2D eigenvalue weighted by Crippen LogP contribution is -2.23. The lowest BCUT2D eigenvalue weighted by Gasteiger charge is -2.18. The second kappa shape index (κ2) is 8.05. The van der Waals surface area contributed by atoms with Gasteiger partial charge < -0.3 is 4.90 Å². The van der Waals surface area contributed by atoms with Crippen molar-refractivity contribution in [2.75, 3.05) is 18.5 Å². The van der Waals surface area contributed by atoms with E-state index in [-0.39, 0.29) is 0 Å². The summed E-state index contributed by atoms with van der Waals surface area (Å²) in [6.07, 6.45) is 8.16. The van der Waals surface area contributed by atoms with Gasteiger partial charge in [-0.1, -0.05) is 12.1 Å². The van der Waals surface area contributed by atoms with Crippen LogP contribution < -0.4 is 4.90 Å². The Morgan fingerprint density at radius 2 is 1.85 bits per heavy atom. The molecular formula is C21H19N5S. The van der Waals surface area contributed by atoms with Crippen molar-refractivity contribution in [3.8, 4) is 21.7 Å². The first-order chi connectivity index (χ1) is 13.3. The molecule has 4 rings (SSSR count). The molecule has 0 saturated heterocycles. The Hall–Kier alpha value is -3.12. The van der Waals surface area contributed by atoms with Crippen LogP contribution in [0.25, 0.3) is 21.7 Å². The van der Waals surface area contributed by atoms with Crippen LogP contribution in [0.3, 0.4) is 0 Å². The fraction of sp³-hybridized carbons (Fsp3) is 0.143. The summed E-state index contributed by atoms with van der Waals surface area (Å²) in [5, 5.41) is 2.07. The molecule has 0 radical (unpaired) electrons. The van der Waals surface area contributed by atoms with E-state index in [1.54, 1.807) is 23.7 Å². The van der Waals surface area contributed by atoms with Gasteiger partial charge in [0.1, 0.15) is 0 Å². The Balaban J connectivity index is 1.63. The minimum atomic E-state index is 0.715. The highest BCUT2D eigenvalue weighted by atomic mass is 32.1. The minimum absolute atomic E-state index is 0.715. The van der Waals surface area contributed by atoms with Crippen LogP contribution in [0.1, 0.15) is 5.69 Å². The number of likely N-dealkylation sites (N-methyl/N-ethyl adjacent to an activating group) is 1. The Kier molecular flexibility index (Phi) is 5.16. The number of anilines is 1. The summed E-state index contributed by atoms with van der Waals surface area (Å²) in [5.74, 6) is 0.715. The second-order valence-electron chi connectivity index (χ2n) is 6.14. The monoisotopic (exact) mass is 373 g/mol. The summed E-state index contributed by atoms with van der Waals surface area (Å²) >= 11 is 1.68. The molecule has 5 nitrogen and oxygen atoms in total. The Bertz CT molecular complexity index is 988. The van der Waals surface area contributed by atoms with Gasteiger partial charge in [-0.25, -0.2) is 9.97 Å². The molecule has 27 heavy (non-hydrogen) atoms. The van der Waals surface area contributed by atoms with Crippen LogP contribution in [0, 0.1) is 0 Å². The number of hydrogen-bond donors (Lipinski definition) is 0. The van der Waals surface area contributed by atoms with E-state index in [1.807, 2.05) is 55.8 Å². The van der Waals surface area contributed by atoms with Crippen LogP contribution in [0.5, 0.6) is 0 Å². The second-order valence-corrected chi connectivity index (χ2v) is 7.09. The third kappa shape index (κ3) is 4.01. The lowest BCUT2D eigenvalue weighted by atomic mass is 10.1. The highest BCUT2D eigenvalue weighted by Crippen LogP contribution is 2.33. The Morgan fingerprint density at radius 3 is 2.59 bits per heavy atom. The van der Waals surface area contributed by atoms with E-state index in [2.05, 4.69) is 31.3 Å². The van der Waals surface area contributed by atoms with Gasteiger partial charge in [-0.15, -0.1) is 11.3 Å². The highest BCUT2D eigenvalue weighted by Gasteiger charge is 2.14. The summed E-state index contributed by atoms with van der Waals surface area (Å²) in [6.45, 7) is 0.801. The summed E-state index contributed by atoms with van der Waals surface area (Å²) in [4.78, 5) is 21.2. The first-order valence-corrected chi connectivity index (χ1v) is 9.61. The van der Waals surface area contributed by atoms with E-state index < -0.39 is 0 Å². The number of rotatable bonds is 6. The predicted octanol–water partition coefficient (Wildman–Crippen LogP) is 4.34. The molecule has 0 fully saturated rings. The molecule has 0 spiro atoms. The van der Waals surface area contributed by atoms with Gasteiger partial charge in [0, 0.05) is 56.1 Å². The summed E-state index contributed by atoms with van der Waals surface area (Å²) in [5.41, 5.74) is 4.10. The van der Waals surface area contributed by atoms with Crippen molar-refractivity contribution < 1.29 is 0 Å². The van der Waals surface area contributed by atoms with Crippen molar-refractivity contribution in [3.63, 3.8) is 0 Å². The van der Waals surface area contributed by atoms with Crippen LogP contribution in [0.4, 0.5) is 5.95 Å². The SMILES string of the molecule is CN(CCc1ccccn1)c1ncc(-c2ccncc2)c(-c2cccs2)n1.